The van der Waals surface area contributed by atoms with Crippen LogP contribution in [0, 0.1) is 0 Å². The van der Waals surface area contributed by atoms with Crippen LogP contribution >= 0.6 is 0 Å². The standard InChI is InChI=1S/C13H18N4O2/c1-8(2)10-7-11-13(14-4-5-17(11)16-10)15-9(3)6-12(18)19/h4-5,7-9H,6H2,1-3H3,(H,14,15)(H,18,19). The molecule has 0 radical (unpaired) electrons. The van der Waals surface area contributed by atoms with Gasteiger partial charge in [0.15, 0.2) is 5.82 Å². The zero-order valence-corrected chi connectivity index (χ0v) is 11.3. The molecule has 0 amide bonds. The summed E-state index contributed by atoms with van der Waals surface area (Å²) in [5.41, 5.74) is 1.85. The van der Waals surface area contributed by atoms with E-state index >= 15 is 0 Å². The van der Waals surface area contributed by atoms with Gasteiger partial charge in [-0.1, -0.05) is 13.8 Å². The summed E-state index contributed by atoms with van der Waals surface area (Å²) in [6.45, 7) is 5.98. The number of rotatable bonds is 5. The largest absolute Gasteiger partial charge is 0.481 e. The molecule has 102 valence electrons. The van der Waals surface area contributed by atoms with Crippen LogP contribution in [0.1, 0.15) is 38.8 Å². The summed E-state index contributed by atoms with van der Waals surface area (Å²) in [6.07, 6.45) is 3.49. The molecule has 2 aromatic heterocycles. The first-order valence-electron chi connectivity index (χ1n) is 6.30. The molecule has 6 nitrogen and oxygen atoms in total. The minimum Gasteiger partial charge on any atom is -0.481 e. The van der Waals surface area contributed by atoms with Gasteiger partial charge in [0.05, 0.1) is 12.1 Å². The molecule has 0 saturated heterocycles. The smallest absolute Gasteiger partial charge is 0.305 e. The monoisotopic (exact) mass is 262 g/mol. The second-order valence-electron chi connectivity index (χ2n) is 4.97. The predicted octanol–water partition coefficient (Wildman–Crippen LogP) is 2.13. The zero-order valence-electron chi connectivity index (χ0n) is 11.3. The summed E-state index contributed by atoms with van der Waals surface area (Å²) in [5.74, 6) is 0.170. The van der Waals surface area contributed by atoms with Crippen molar-refractivity contribution in [1.82, 2.24) is 14.6 Å². The van der Waals surface area contributed by atoms with E-state index in [1.54, 1.807) is 16.9 Å². The number of carbonyl (C=O) groups is 1. The number of hydrogen-bond donors (Lipinski definition) is 2. The Morgan fingerprint density at radius 3 is 2.84 bits per heavy atom. The maximum atomic E-state index is 10.7. The Bertz CT molecular complexity index is 591. The molecule has 1 unspecified atom stereocenters. The van der Waals surface area contributed by atoms with E-state index in [1.165, 1.54) is 0 Å². The Labute approximate surface area is 111 Å². The van der Waals surface area contributed by atoms with Crippen LogP contribution in [0.4, 0.5) is 5.82 Å². The lowest BCUT2D eigenvalue weighted by Gasteiger charge is -2.12. The lowest BCUT2D eigenvalue weighted by atomic mass is 10.1. The molecule has 1 atom stereocenters. The number of aromatic nitrogens is 3. The van der Waals surface area contributed by atoms with Crippen molar-refractivity contribution in [2.24, 2.45) is 0 Å². The van der Waals surface area contributed by atoms with Crippen LogP contribution in [-0.4, -0.2) is 31.7 Å². The number of nitrogens with zero attached hydrogens (tertiary/aromatic N) is 3. The van der Waals surface area contributed by atoms with Crippen LogP contribution in [0.2, 0.25) is 0 Å². The fraction of sp³-hybridized carbons (Fsp3) is 0.462. The average molecular weight is 262 g/mol. The van der Waals surface area contributed by atoms with Gasteiger partial charge < -0.3 is 10.4 Å². The van der Waals surface area contributed by atoms with Gasteiger partial charge in [-0.2, -0.15) is 5.10 Å². The molecule has 2 heterocycles. The Morgan fingerprint density at radius 1 is 1.47 bits per heavy atom. The molecule has 6 heteroatoms. The van der Waals surface area contributed by atoms with Crippen molar-refractivity contribution >= 4 is 17.3 Å². The van der Waals surface area contributed by atoms with Crippen molar-refractivity contribution in [3.63, 3.8) is 0 Å². The van der Waals surface area contributed by atoms with Crippen LogP contribution in [0.5, 0.6) is 0 Å². The summed E-state index contributed by atoms with van der Waals surface area (Å²) >= 11 is 0. The van der Waals surface area contributed by atoms with E-state index in [2.05, 4.69) is 29.2 Å². The van der Waals surface area contributed by atoms with E-state index in [-0.39, 0.29) is 12.5 Å². The molecule has 0 aliphatic carbocycles. The van der Waals surface area contributed by atoms with Crippen LogP contribution in [0.3, 0.4) is 0 Å². The van der Waals surface area contributed by atoms with E-state index < -0.39 is 5.97 Å². The van der Waals surface area contributed by atoms with E-state index in [0.29, 0.717) is 11.7 Å². The highest BCUT2D eigenvalue weighted by atomic mass is 16.4. The summed E-state index contributed by atoms with van der Waals surface area (Å²) in [7, 11) is 0. The van der Waals surface area contributed by atoms with Gasteiger partial charge in [0, 0.05) is 18.4 Å². The fourth-order valence-electron chi connectivity index (χ4n) is 1.88. The number of hydrogen-bond acceptors (Lipinski definition) is 4. The van der Waals surface area contributed by atoms with Gasteiger partial charge in [0.25, 0.3) is 0 Å². The maximum absolute atomic E-state index is 10.7. The summed E-state index contributed by atoms with van der Waals surface area (Å²) in [5, 5.41) is 16.4. The third kappa shape index (κ3) is 3.01. The second kappa shape index (κ2) is 5.26. The van der Waals surface area contributed by atoms with Gasteiger partial charge in [0.2, 0.25) is 0 Å². The molecule has 19 heavy (non-hydrogen) atoms. The molecule has 2 N–H and O–H groups in total. The Kier molecular flexibility index (Phi) is 3.69. The van der Waals surface area contributed by atoms with Gasteiger partial charge in [0.1, 0.15) is 5.52 Å². The van der Waals surface area contributed by atoms with Crippen molar-refractivity contribution < 1.29 is 9.90 Å². The van der Waals surface area contributed by atoms with Gasteiger partial charge >= 0.3 is 5.97 Å². The van der Waals surface area contributed by atoms with Crippen LogP contribution < -0.4 is 5.32 Å². The fourth-order valence-corrected chi connectivity index (χ4v) is 1.88. The third-order valence-corrected chi connectivity index (χ3v) is 2.86. The molecule has 0 aliphatic rings. The SMILES string of the molecule is CC(CC(=O)O)Nc1nccn2nc(C(C)C)cc12. The minimum absolute atomic E-state index is 0.0495. The molecule has 0 aromatic carbocycles. The summed E-state index contributed by atoms with van der Waals surface area (Å²) < 4.78 is 1.76. The average Bonchev–Trinajstić information content (AvgIpc) is 2.72. The highest BCUT2D eigenvalue weighted by molar-refractivity contribution is 5.71. The molecular formula is C13H18N4O2. The van der Waals surface area contributed by atoms with Crippen molar-refractivity contribution in [1.29, 1.82) is 0 Å². The topological polar surface area (TPSA) is 79.5 Å². The number of aliphatic carboxylic acids is 1. The Hall–Kier alpha value is -2.11. The second-order valence-corrected chi connectivity index (χ2v) is 4.97. The molecule has 0 spiro atoms. The van der Waals surface area contributed by atoms with Crippen molar-refractivity contribution in [2.45, 2.75) is 39.2 Å². The Morgan fingerprint density at radius 2 is 2.21 bits per heavy atom. The summed E-state index contributed by atoms with van der Waals surface area (Å²) in [6, 6.07) is 1.79. The van der Waals surface area contributed by atoms with Gasteiger partial charge in [-0.15, -0.1) is 0 Å². The van der Waals surface area contributed by atoms with Crippen molar-refractivity contribution in [2.75, 3.05) is 5.32 Å². The number of fused-ring (bicyclic) bond motifs is 1. The molecule has 2 rings (SSSR count). The van der Waals surface area contributed by atoms with Gasteiger partial charge in [-0.05, 0) is 18.9 Å². The van der Waals surface area contributed by atoms with Crippen molar-refractivity contribution in [3.05, 3.63) is 24.2 Å². The first kappa shape index (κ1) is 13.3. The molecular weight excluding hydrogens is 244 g/mol. The number of anilines is 1. The minimum atomic E-state index is -0.830. The maximum Gasteiger partial charge on any atom is 0.305 e. The summed E-state index contributed by atoms with van der Waals surface area (Å²) in [4.78, 5) is 14.9. The third-order valence-electron chi connectivity index (χ3n) is 2.86. The van der Waals surface area contributed by atoms with E-state index in [4.69, 9.17) is 5.11 Å². The van der Waals surface area contributed by atoms with Crippen LogP contribution in [0.15, 0.2) is 18.5 Å². The van der Waals surface area contributed by atoms with Gasteiger partial charge in [-0.3, -0.25) is 4.79 Å². The lowest BCUT2D eigenvalue weighted by Crippen LogP contribution is -2.20. The molecule has 0 fully saturated rings. The van der Waals surface area contributed by atoms with E-state index in [9.17, 15) is 4.79 Å². The normalized spacial score (nSPS) is 12.8. The lowest BCUT2D eigenvalue weighted by molar-refractivity contribution is -0.137. The highest BCUT2D eigenvalue weighted by Gasteiger charge is 2.13. The molecule has 0 saturated carbocycles. The van der Waals surface area contributed by atoms with Gasteiger partial charge in [-0.25, -0.2) is 9.50 Å². The number of carboxylic acids is 1. The number of carboxylic acid groups (broad SMARTS) is 1. The van der Waals surface area contributed by atoms with Crippen LogP contribution in [0.25, 0.3) is 5.52 Å². The zero-order chi connectivity index (χ0) is 14.0. The molecule has 0 aliphatic heterocycles. The first-order chi connectivity index (χ1) is 8.97. The van der Waals surface area contributed by atoms with Crippen molar-refractivity contribution in [3.8, 4) is 0 Å². The van der Waals surface area contributed by atoms with E-state index in [0.717, 1.165) is 11.2 Å². The Balaban J connectivity index is 2.30. The number of nitrogens with one attached hydrogen (secondary N) is 1. The molecule has 2 aromatic rings. The molecule has 0 bridgehead atoms. The van der Waals surface area contributed by atoms with Crippen LogP contribution in [-0.2, 0) is 4.79 Å². The predicted molar refractivity (Wildman–Crippen MR) is 72.4 cm³/mol. The quantitative estimate of drug-likeness (QED) is 0.862. The highest BCUT2D eigenvalue weighted by Crippen LogP contribution is 2.20. The first-order valence-corrected chi connectivity index (χ1v) is 6.30. The van der Waals surface area contributed by atoms with E-state index in [1.807, 2.05) is 13.0 Å².